The molecule has 0 aliphatic heterocycles. The average Bonchev–Trinajstić information content (AvgIpc) is 2.97. The summed E-state index contributed by atoms with van der Waals surface area (Å²) in [5, 5.41) is 0. The van der Waals surface area contributed by atoms with E-state index in [1.165, 1.54) is 25.2 Å². The third kappa shape index (κ3) is 3.37. The monoisotopic (exact) mass is 328 g/mol. The summed E-state index contributed by atoms with van der Waals surface area (Å²) in [4.78, 5) is 4.59. The van der Waals surface area contributed by atoms with Crippen LogP contribution in [0.1, 0.15) is 33.1 Å². The average molecular weight is 327 g/mol. The molecule has 0 bridgehead atoms. The summed E-state index contributed by atoms with van der Waals surface area (Å²) >= 11 is 0.518. The number of hydrogen-bond donors (Lipinski definition) is 0. The van der Waals surface area contributed by atoms with Gasteiger partial charge < -0.3 is 0 Å². The molecule has 2 fully saturated rings. The van der Waals surface area contributed by atoms with E-state index < -0.39 is 0 Å². The van der Waals surface area contributed by atoms with Crippen LogP contribution in [0, 0.1) is 30.0 Å². The molecule has 2 nitrogen and oxygen atoms in total. The summed E-state index contributed by atoms with van der Waals surface area (Å²) < 4.78 is 5.81. The van der Waals surface area contributed by atoms with Crippen LogP contribution in [-0.2, 0) is 4.74 Å². The van der Waals surface area contributed by atoms with Gasteiger partial charge in [-0.15, -0.1) is 0 Å². The molecule has 0 aromatic rings. The zero-order chi connectivity index (χ0) is 14.0. The van der Waals surface area contributed by atoms with Gasteiger partial charge in [0.2, 0.25) is 0 Å². The quantitative estimate of drug-likeness (QED) is 0.720. The van der Waals surface area contributed by atoms with Crippen LogP contribution in [0.5, 0.6) is 0 Å². The van der Waals surface area contributed by atoms with Crippen molar-refractivity contribution < 1.29 is 4.74 Å². The maximum atomic E-state index is 5.81. The van der Waals surface area contributed by atoms with Gasteiger partial charge in [-0.2, -0.15) is 0 Å². The first-order valence-electron chi connectivity index (χ1n) is 7.12. The molecule has 0 amide bonds. The molecule has 0 aromatic carbocycles. The predicted molar refractivity (Wildman–Crippen MR) is 81.3 cm³/mol. The van der Waals surface area contributed by atoms with Crippen molar-refractivity contribution in [2.45, 2.75) is 49.6 Å². The Hall–Kier alpha value is 0.439. The predicted octanol–water partition coefficient (Wildman–Crippen LogP) is 2.75. The molecule has 5 radical (unpaired) electrons. The number of hydrogen-bond acceptors (Lipinski definition) is 2. The topological polar surface area (TPSA) is 12.5 Å². The zero-order valence-corrected chi connectivity index (χ0v) is 14.5. The van der Waals surface area contributed by atoms with E-state index in [-0.39, 0.29) is 5.60 Å². The van der Waals surface area contributed by atoms with Gasteiger partial charge in [-0.3, -0.25) is 0 Å². The summed E-state index contributed by atoms with van der Waals surface area (Å²) in [5.41, 5.74) is 0.107. The van der Waals surface area contributed by atoms with E-state index in [9.17, 15) is 0 Å². The van der Waals surface area contributed by atoms with Crippen molar-refractivity contribution in [1.29, 1.82) is 0 Å². The van der Waals surface area contributed by atoms with Crippen LogP contribution in [0.3, 0.4) is 0 Å². The third-order valence-corrected chi connectivity index (χ3v) is 8.04. The maximum absolute atomic E-state index is 5.81. The van der Waals surface area contributed by atoms with Crippen molar-refractivity contribution in [1.82, 2.24) is 4.90 Å². The van der Waals surface area contributed by atoms with E-state index in [1.54, 1.807) is 4.82 Å². The minimum absolute atomic E-state index is 0.107. The Morgan fingerprint density at radius 3 is 2.79 bits per heavy atom. The molecular weight excluding hydrogens is 301 g/mol. The van der Waals surface area contributed by atoms with E-state index in [2.05, 4.69) is 52.1 Å². The Bertz CT molecular complexity index is 296. The Kier molecular flexibility index (Phi) is 5.39. The zero-order valence-electron chi connectivity index (χ0n) is 12.8. The first-order valence-corrected chi connectivity index (χ1v) is 8.96. The molecule has 0 heterocycles. The van der Waals surface area contributed by atoms with Gasteiger partial charge in [0.15, 0.2) is 0 Å². The molecule has 0 aromatic heterocycles. The SMILES string of the molecule is CO[C@@]1(C)CCC[C@@H]1[Se][C]1[CH][CH][CH][C]1[C@@H](C)N(C)C. The molecule has 2 rings (SSSR count). The van der Waals surface area contributed by atoms with Gasteiger partial charge in [0.05, 0.1) is 0 Å². The van der Waals surface area contributed by atoms with E-state index in [1.807, 2.05) is 7.11 Å². The summed E-state index contributed by atoms with van der Waals surface area (Å²) in [5.74, 6) is 1.51. The van der Waals surface area contributed by atoms with Gasteiger partial charge in [0, 0.05) is 0 Å². The van der Waals surface area contributed by atoms with Gasteiger partial charge >= 0.3 is 125 Å². The van der Waals surface area contributed by atoms with Gasteiger partial charge in [-0.25, -0.2) is 0 Å². The Balaban J connectivity index is 1.98. The van der Waals surface area contributed by atoms with E-state index in [0.717, 1.165) is 4.82 Å². The molecule has 3 atom stereocenters. The van der Waals surface area contributed by atoms with Crippen LogP contribution >= 0.6 is 0 Å². The van der Waals surface area contributed by atoms with E-state index in [4.69, 9.17) is 4.74 Å². The van der Waals surface area contributed by atoms with Crippen LogP contribution in [-0.4, -0.2) is 52.7 Å². The summed E-state index contributed by atoms with van der Waals surface area (Å²) in [7, 11) is 6.19. The molecule has 2 aliphatic carbocycles. The molecule has 3 heteroatoms. The second-order valence-electron chi connectivity index (χ2n) is 6.00. The first-order chi connectivity index (χ1) is 8.98. The minimum atomic E-state index is 0.107. The molecule has 0 spiro atoms. The van der Waals surface area contributed by atoms with Crippen LogP contribution in [0.25, 0.3) is 0 Å². The second-order valence-corrected chi connectivity index (χ2v) is 8.61. The van der Waals surface area contributed by atoms with Gasteiger partial charge in [-0.1, -0.05) is 0 Å². The molecular formula is C16H26NOSe. The van der Waals surface area contributed by atoms with Crippen molar-refractivity contribution in [3.8, 4) is 0 Å². The van der Waals surface area contributed by atoms with E-state index in [0.29, 0.717) is 21.0 Å². The third-order valence-electron chi connectivity index (χ3n) is 4.59. The second kappa shape index (κ2) is 6.47. The number of methoxy groups -OCH3 is 1. The van der Waals surface area contributed by atoms with Crippen LogP contribution in [0.15, 0.2) is 0 Å². The standard InChI is InChI=1S/C16H26NOSe/c1-12(17(3)4)13-8-6-9-14(13)19-15-10-7-11-16(15,2)18-5/h6,8-9,12,15H,7,10-11H2,1-5H3/t12-,15+,16+/m1/s1. The number of ether oxygens (including phenoxy) is 1. The Morgan fingerprint density at radius 1 is 1.42 bits per heavy atom. The van der Waals surface area contributed by atoms with Gasteiger partial charge in [0.25, 0.3) is 0 Å². The molecule has 0 unspecified atom stereocenters. The molecule has 2 aliphatic rings. The number of nitrogens with zero attached hydrogens (tertiary/aromatic N) is 1. The fourth-order valence-electron chi connectivity index (χ4n) is 2.82. The van der Waals surface area contributed by atoms with Crippen molar-refractivity contribution >= 4 is 15.0 Å². The fourth-order valence-corrected chi connectivity index (χ4v) is 6.15. The summed E-state index contributed by atoms with van der Waals surface area (Å²) in [6, 6.07) is 0.502. The molecule has 0 N–H and O–H groups in total. The number of rotatable bonds is 5. The van der Waals surface area contributed by atoms with Crippen molar-refractivity contribution in [2.24, 2.45) is 0 Å². The normalized spacial score (nSPS) is 35.4. The Labute approximate surface area is 125 Å². The van der Waals surface area contributed by atoms with Crippen molar-refractivity contribution in [3.63, 3.8) is 0 Å². The molecule has 0 saturated heterocycles. The summed E-state index contributed by atoms with van der Waals surface area (Å²) in [6.45, 7) is 4.59. The first kappa shape index (κ1) is 15.8. The van der Waals surface area contributed by atoms with Crippen molar-refractivity contribution in [3.05, 3.63) is 30.0 Å². The van der Waals surface area contributed by atoms with Crippen LogP contribution < -0.4 is 0 Å². The molecule has 2 saturated carbocycles. The van der Waals surface area contributed by atoms with Crippen LogP contribution in [0.2, 0.25) is 4.82 Å². The summed E-state index contributed by atoms with van der Waals surface area (Å²) in [6.07, 6.45) is 10.7. The molecule has 107 valence electrons. The van der Waals surface area contributed by atoms with Gasteiger partial charge in [-0.05, 0) is 0 Å². The van der Waals surface area contributed by atoms with Crippen LogP contribution in [0.4, 0.5) is 0 Å². The Morgan fingerprint density at radius 2 is 2.16 bits per heavy atom. The van der Waals surface area contributed by atoms with Gasteiger partial charge in [0.1, 0.15) is 0 Å². The fraction of sp³-hybridized carbons (Fsp3) is 0.688. The molecule has 19 heavy (non-hydrogen) atoms. The van der Waals surface area contributed by atoms with Crippen molar-refractivity contribution in [2.75, 3.05) is 21.2 Å². The van der Waals surface area contributed by atoms with E-state index >= 15 is 0 Å².